The molecule has 0 atom stereocenters. The van der Waals surface area contributed by atoms with Crippen LogP contribution in [-0.4, -0.2) is 14.4 Å². The number of anilines is 2. The van der Waals surface area contributed by atoms with Crippen molar-refractivity contribution in [1.82, 2.24) is 0 Å². The number of para-hydroxylation sites is 1. The molecule has 0 N–H and O–H groups in total. The summed E-state index contributed by atoms with van der Waals surface area (Å²) in [4.78, 5) is 14.9. The van der Waals surface area contributed by atoms with E-state index in [-0.39, 0.29) is 11.4 Å². The minimum absolute atomic E-state index is 0.0854. The van der Waals surface area contributed by atoms with Crippen molar-refractivity contribution in [3.05, 3.63) is 88.9 Å². The SMILES string of the molecule is Cc1ccc(N2C(=O)N(Cc3ccccc3Cl)c3ccccc3S2(=O)=O)cc1. The second kappa shape index (κ2) is 6.96. The summed E-state index contributed by atoms with van der Waals surface area (Å²) in [7, 11) is -4.02. The topological polar surface area (TPSA) is 57.7 Å². The van der Waals surface area contributed by atoms with E-state index in [0.29, 0.717) is 16.4 Å². The second-order valence-electron chi connectivity index (χ2n) is 6.53. The first-order valence-corrected chi connectivity index (χ1v) is 10.5. The van der Waals surface area contributed by atoms with E-state index < -0.39 is 16.1 Å². The number of carbonyl (C=O) groups is 1. The highest BCUT2D eigenvalue weighted by molar-refractivity contribution is 7.94. The Labute approximate surface area is 168 Å². The van der Waals surface area contributed by atoms with Crippen LogP contribution in [0.5, 0.6) is 0 Å². The van der Waals surface area contributed by atoms with Crippen molar-refractivity contribution in [2.75, 3.05) is 9.21 Å². The van der Waals surface area contributed by atoms with Gasteiger partial charge in [-0.05, 0) is 42.8 Å². The Kier molecular flexibility index (Phi) is 4.61. The molecule has 3 aromatic carbocycles. The fourth-order valence-electron chi connectivity index (χ4n) is 3.19. The molecule has 0 aliphatic carbocycles. The maximum atomic E-state index is 13.3. The predicted molar refractivity (Wildman–Crippen MR) is 110 cm³/mol. The van der Waals surface area contributed by atoms with Crippen LogP contribution in [-0.2, 0) is 16.6 Å². The lowest BCUT2D eigenvalue weighted by molar-refractivity contribution is 0.253. The molecule has 0 aromatic heterocycles. The molecule has 5 nitrogen and oxygen atoms in total. The van der Waals surface area contributed by atoms with Crippen LogP contribution in [0.1, 0.15) is 11.1 Å². The van der Waals surface area contributed by atoms with Crippen LogP contribution in [0, 0.1) is 6.92 Å². The fraction of sp³-hybridized carbons (Fsp3) is 0.0952. The number of hydrogen-bond donors (Lipinski definition) is 0. The molecule has 142 valence electrons. The number of halogens is 1. The van der Waals surface area contributed by atoms with Gasteiger partial charge in [-0.25, -0.2) is 13.2 Å². The van der Waals surface area contributed by atoms with E-state index >= 15 is 0 Å². The number of nitrogens with zero attached hydrogens (tertiary/aromatic N) is 2. The van der Waals surface area contributed by atoms with Gasteiger partial charge in [0.05, 0.1) is 17.9 Å². The predicted octanol–water partition coefficient (Wildman–Crippen LogP) is 4.98. The van der Waals surface area contributed by atoms with Crippen molar-refractivity contribution >= 4 is 39.0 Å². The normalized spacial score (nSPS) is 15.4. The largest absolute Gasteiger partial charge is 0.343 e. The van der Waals surface area contributed by atoms with Crippen LogP contribution >= 0.6 is 11.6 Å². The van der Waals surface area contributed by atoms with Crippen molar-refractivity contribution in [3.63, 3.8) is 0 Å². The number of fused-ring (bicyclic) bond motifs is 1. The molecule has 28 heavy (non-hydrogen) atoms. The monoisotopic (exact) mass is 412 g/mol. The molecule has 0 radical (unpaired) electrons. The molecule has 0 saturated heterocycles. The van der Waals surface area contributed by atoms with E-state index in [9.17, 15) is 13.2 Å². The molecule has 1 aliphatic rings. The van der Waals surface area contributed by atoms with E-state index in [1.807, 2.05) is 19.1 Å². The first-order valence-electron chi connectivity index (χ1n) is 8.65. The number of benzene rings is 3. The summed E-state index contributed by atoms with van der Waals surface area (Å²) in [6, 6.07) is 19.9. The van der Waals surface area contributed by atoms with Crippen LogP contribution in [0.3, 0.4) is 0 Å². The zero-order valence-electron chi connectivity index (χ0n) is 15.0. The molecular weight excluding hydrogens is 396 g/mol. The van der Waals surface area contributed by atoms with Gasteiger partial charge in [0.1, 0.15) is 4.90 Å². The zero-order valence-corrected chi connectivity index (χ0v) is 16.6. The maximum absolute atomic E-state index is 13.3. The average Bonchev–Trinajstić information content (AvgIpc) is 2.68. The Bertz CT molecular complexity index is 1160. The lowest BCUT2D eigenvalue weighted by Gasteiger charge is -2.36. The molecule has 1 heterocycles. The Balaban J connectivity index is 1.88. The van der Waals surface area contributed by atoms with Gasteiger partial charge >= 0.3 is 6.03 Å². The summed E-state index contributed by atoms with van der Waals surface area (Å²) in [5.41, 5.74) is 2.35. The standard InChI is InChI=1S/C21H17ClN2O3S/c1-15-10-12-17(13-11-15)24-21(25)23(14-16-6-2-3-7-18(16)22)19-8-4-5-9-20(19)28(24,26)27/h2-13H,14H2,1H3. The van der Waals surface area contributed by atoms with E-state index in [0.717, 1.165) is 15.4 Å². The molecule has 4 rings (SSSR count). The fourth-order valence-corrected chi connectivity index (χ4v) is 4.98. The molecular formula is C21H17ClN2O3S. The Morgan fingerprint density at radius 2 is 1.54 bits per heavy atom. The minimum atomic E-state index is -4.02. The second-order valence-corrected chi connectivity index (χ2v) is 8.70. The van der Waals surface area contributed by atoms with Gasteiger partial charge in [0, 0.05) is 5.02 Å². The zero-order chi connectivity index (χ0) is 19.9. The molecule has 0 saturated carbocycles. The number of carbonyl (C=O) groups excluding carboxylic acids is 1. The van der Waals surface area contributed by atoms with Crippen LogP contribution in [0.2, 0.25) is 5.02 Å². The van der Waals surface area contributed by atoms with Gasteiger partial charge in [-0.1, -0.05) is 59.6 Å². The summed E-state index contributed by atoms with van der Waals surface area (Å²) in [5.74, 6) is 0. The number of hydrogen-bond acceptors (Lipinski definition) is 3. The number of urea groups is 1. The number of amides is 2. The number of aryl methyl sites for hydroxylation is 1. The molecule has 7 heteroatoms. The van der Waals surface area contributed by atoms with Gasteiger partial charge in [-0.3, -0.25) is 4.90 Å². The molecule has 0 bridgehead atoms. The van der Waals surface area contributed by atoms with Gasteiger partial charge in [0.25, 0.3) is 10.0 Å². The summed E-state index contributed by atoms with van der Waals surface area (Å²) in [6.45, 7) is 2.06. The van der Waals surface area contributed by atoms with Gasteiger partial charge in [-0.15, -0.1) is 0 Å². The highest BCUT2D eigenvalue weighted by Gasteiger charge is 2.42. The third kappa shape index (κ3) is 3.04. The first kappa shape index (κ1) is 18.5. The third-order valence-corrected chi connectivity index (χ3v) is 6.75. The molecule has 3 aromatic rings. The van der Waals surface area contributed by atoms with Crippen molar-refractivity contribution < 1.29 is 13.2 Å². The van der Waals surface area contributed by atoms with Crippen LogP contribution < -0.4 is 9.21 Å². The lowest BCUT2D eigenvalue weighted by Crippen LogP contribution is -2.50. The van der Waals surface area contributed by atoms with Crippen LogP contribution in [0.15, 0.2) is 77.7 Å². The smallest absolute Gasteiger partial charge is 0.287 e. The quantitative estimate of drug-likeness (QED) is 0.609. The van der Waals surface area contributed by atoms with E-state index in [4.69, 9.17) is 11.6 Å². The van der Waals surface area contributed by atoms with Crippen molar-refractivity contribution in [1.29, 1.82) is 0 Å². The van der Waals surface area contributed by atoms with E-state index in [1.165, 1.54) is 11.0 Å². The molecule has 2 amide bonds. The van der Waals surface area contributed by atoms with Gasteiger partial charge < -0.3 is 0 Å². The highest BCUT2D eigenvalue weighted by atomic mass is 35.5. The van der Waals surface area contributed by atoms with Gasteiger partial charge in [0.2, 0.25) is 0 Å². The third-order valence-electron chi connectivity index (χ3n) is 4.63. The van der Waals surface area contributed by atoms with Crippen LogP contribution in [0.25, 0.3) is 0 Å². The summed E-state index contributed by atoms with van der Waals surface area (Å²) in [5, 5.41) is 0.517. The van der Waals surface area contributed by atoms with Crippen molar-refractivity contribution in [2.24, 2.45) is 0 Å². The number of rotatable bonds is 3. The van der Waals surface area contributed by atoms with E-state index in [2.05, 4.69) is 0 Å². The van der Waals surface area contributed by atoms with Gasteiger partial charge in [0.15, 0.2) is 0 Å². The molecule has 0 unspecified atom stereocenters. The van der Waals surface area contributed by atoms with Crippen molar-refractivity contribution in [3.8, 4) is 0 Å². The summed E-state index contributed by atoms with van der Waals surface area (Å²) < 4.78 is 27.3. The highest BCUT2D eigenvalue weighted by Crippen LogP contribution is 2.38. The molecule has 1 aliphatic heterocycles. The molecule has 0 spiro atoms. The first-order chi connectivity index (χ1) is 13.4. The Morgan fingerprint density at radius 3 is 2.25 bits per heavy atom. The summed E-state index contributed by atoms with van der Waals surface area (Å²) in [6.07, 6.45) is 0. The van der Waals surface area contributed by atoms with Crippen LogP contribution in [0.4, 0.5) is 16.2 Å². The maximum Gasteiger partial charge on any atom is 0.343 e. The number of sulfonamides is 1. The Morgan fingerprint density at radius 1 is 0.893 bits per heavy atom. The van der Waals surface area contributed by atoms with Crippen molar-refractivity contribution in [2.45, 2.75) is 18.4 Å². The minimum Gasteiger partial charge on any atom is -0.287 e. The van der Waals surface area contributed by atoms with E-state index in [1.54, 1.807) is 54.6 Å². The molecule has 0 fully saturated rings. The lowest BCUT2D eigenvalue weighted by atomic mass is 10.2. The Hall–Kier alpha value is -2.83. The van der Waals surface area contributed by atoms with Gasteiger partial charge in [-0.2, -0.15) is 4.31 Å². The average molecular weight is 413 g/mol. The summed E-state index contributed by atoms with van der Waals surface area (Å²) >= 11 is 6.28.